The number of pyridine rings is 1. The largest absolute Gasteiger partial charge is 0.493 e. The molecule has 0 N–H and O–H groups in total. The highest BCUT2D eigenvalue weighted by Crippen LogP contribution is 2.28. The highest BCUT2D eigenvalue weighted by Gasteiger charge is 2.35. The van der Waals surface area contributed by atoms with E-state index < -0.39 is 0 Å². The molecular formula is C19H18N4O4. The molecule has 27 heavy (non-hydrogen) atoms. The molecule has 1 aliphatic heterocycles. The Morgan fingerprint density at radius 1 is 1.19 bits per heavy atom. The normalized spacial score (nSPS) is 13.9. The number of methoxy groups -OCH3 is 1. The average Bonchev–Trinajstić information content (AvgIpc) is 3.16. The van der Waals surface area contributed by atoms with Gasteiger partial charge in [0.1, 0.15) is 5.69 Å². The first-order chi connectivity index (χ1) is 13.2. The second-order valence-corrected chi connectivity index (χ2v) is 6.11. The molecule has 0 unspecified atom stereocenters. The first kappa shape index (κ1) is 17.0. The van der Waals surface area contributed by atoms with Crippen LogP contribution in [0.1, 0.15) is 11.8 Å². The fraction of sp³-hybridized carbons (Fsp3) is 0.263. The van der Waals surface area contributed by atoms with E-state index in [9.17, 15) is 4.79 Å². The van der Waals surface area contributed by atoms with Gasteiger partial charge in [0, 0.05) is 19.3 Å². The molecule has 3 aromatic rings. The Labute approximate surface area is 155 Å². The topological polar surface area (TPSA) is 90.6 Å². The Morgan fingerprint density at radius 2 is 1.96 bits per heavy atom. The summed E-state index contributed by atoms with van der Waals surface area (Å²) in [7, 11) is 1.56. The highest BCUT2D eigenvalue weighted by molar-refractivity contribution is 5.79. The molecule has 1 aliphatic rings. The molecule has 1 saturated heterocycles. The number of aromatic nitrogens is 3. The molecule has 8 nitrogen and oxygen atoms in total. The summed E-state index contributed by atoms with van der Waals surface area (Å²) in [6.07, 6.45) is 1.68. The zero-order valence-electron chi connectivity index (χ0n) is 14.7. The molecule has 0 atom stereocenters. The lowest BCUT2D eigenvalue weighted by Crippen LogP contribution is -2.50. The summed E-state index contributed by atoms with van der Waals surface area (Å²) in [5.74, 6) is 2.05. The minimum absolute atomic E-state index is 0.0326. The number of hydrogen-bond donors (Lipinski definition) is 0. The van der Waals surface area contributed by atoms with E-state index in [0.717, 1.165) is 0 Å². The molecule has 138 valence electrons. The van der Waals surface area contributed by atoms with Crippen LogP contribution in [0.15, 0.2) is 53.2 Å². The molecule has 3 heterocycles. The lowest BCUT2D eigenvalue weighted by atomic mass is 10.0. The summed E-state index contributed by atoms with van der Waals surface area (Å²) in [5.41, 5.74) is 0.657. The molecule has 1 amide bonds. The Bertz CT molecular complexity index is 922. The van der Waals surface area contributed by atoms with Crippen LogP contribution in [0.25, 0.3) is 11.5 Å². The number of hydrogen-bond acceptors (Lipinski definition) is 7. The number of rotatable bonds is 6. The van der Waals surface area contributed by atoms with Crippen molar-refractivity contribution in [2.45, 2.75) is 5.92 Å². The summed E-state index contributed by atoms with van der Waals surface area (Å²) in [6.45, 7) is 1.01. The van der Waals surface area contributed by atoms with Crippen molar-refractivity contribution in [3.63, 3.8) is 0 Å². The second kappa shape index (κ2) is 7.45. The quantitative estimate of drug-likeness (QED) is 0.660. The van der Waals surface area contributed by atoms with Crippen LogP contribution in [-0.4, -0.2) is 52.7 Å². The molecule has 0 bridgehead atoms. The average molecular weight is 366 g/mol. The van der Waals surface area contributed by atoms with Crippen LogP contribution in [-0.2, 0) is 4.79 Å². The summed E-state index contributed by atoms with van der Waals surface area (Å²) in [4.78, 5) is 22.6. The molecule has 4 rings (SSSR count). The van der Waals surface area contributed by atoms with E-state index in [2.05, 4.69) is 15.1 Å². The van der Waals surface area contributed by atoms with Crippen molar-refractivity contribution in [1.29, 1.82) is 0 Å². The minimum Gasteiger partial charge on any atom is -0.493 e. The number of benzene rings is 1. The monoisotopic (exact) mass is 366 g/mol. The van der Waals surface area contributed by atoms with Gasteiger partial charge in [-0.15, -0.1) is 0 Å². The maximum atomic E-state index is 12.3. The number of likely N-dealkylation sites (tertiary alicyclic amines) is 1. The van der Waals surface area contributed by atoms with Gasteiger partial charge in [-0.3, -0.25) is 9.78 Å². The Kier molecular flexibility index (Phi) is 4.69. The number of carbonyl (C=O) groups excluding carboxylic acids is 1. The molecule has 2 aromatic heterocycles. The van der Waals surface area contributed by atoms with Crippen molar-refractivity contribution in [2.75, 3.05) is 26.8 Å². The summed E-state index contributed by atoms with van der Waals surface area (Å²) < 4.78 is 16.1. The van der Waals surface area contributed by atoms with Gasteiger partial charge in [-0.25, -0.2) is 0 Å². The number of nitrogens with zero attached hydrogens (tertiary/aromatic N) is 4. The number of para-hydroxylation sites is 2. The zero-order valence-corrected chi connectivity index (χ0v) is 14.7. The van der Waals surface area contributed by atoms with Crippen molar-refractivity contribution in [3.05, 3.63) is 54.6 Å². The van der Waals surface area contributed by atoms with E-state index in [1.54, 1.807) is 30.3 Å². The number of ether oxygens (including phenoxy) is 2. The maximum Gasteiger partial charge on any atom is 0.260 e. The predicted octanol–water partition coefficient (Wildman–Crippen LogP) is 2.14. The van der Waals surface area contributed by atoms with Gasteiger partial charge >= 0.3 is 0 Å². The predicted molar refractivity (Wildman–Crippen MR) is 95.3 cm³/mol. The van der Waals surface area contributed by atoms with Gasteiger partial charge < -0.3 is 18.9 Å². The number of amides is 1. The molecule has 1 aromatic carbocycles. The first-order valence-corrected chi connectivity index (χ1v) is 8.53. The van der Waals surface area contributed by atoms with Gasteiger partial charge in [-0.2, -0.15) is 4.98 Å². The Morgan fingerprint density at radius 3 is 2.70 bits per heavy atom. The van der Waals surface area contributed by atoms with E-state index in [-0.39, 0.29) is 18.4 Å². The molecule has 0 saturated carbocycles. The Hall–Kier alpha value is -3.42. The van der Waals surface area contributed by atoms with E-state index in [0.29, 0.717) is 42.0 Å². The lowest BCUT2D eigenvalue weighted by molar-refractivity contribution is -0.138. The minimum atomic E-state index is -0.0957. The van der Waals surface area contributed by atoms with E-state index >= 15 is 0 Å². The smallest absolute Gasteiger partial charge is 0.260 e. The summed E-state index contributed by atoms with van der Waals surface area (Å²) >= 11 is 0. The summed E-state index contributed by atoms with van der Waals surface area (Å²) in [5, 5.41) is 3.96. The molecule has 1 fully saturated rings. The van der Waals surface area contributed by atoms with Gasteiger partial charge in [0.05, 0.1) is 13.0 Å². The van der Waals surface area contributed by atoms with Gasteiger partial charge in [0.25, 0.3) is 5.91 Å². The van der Waals surface area contributed by atoms with Crippen LogP contribution in [0.5, 0.6) is 11.5 Å². The molecule has 0 aliphatic carbocycles. The van der Waals surface area contributed by atoms with E-state index in [1.165, 1.54) is 0 Å². The van der Waals surface area contributed by atoms with Crippen LogP contribution in [0.3, 0.4) is 0 Å². The van der Waals surface area contributed by atoms with Crippen LogP contribution < -0.4 is 9.47 Å². The first-order valence-electron chi connectivity index (χ1n) is 8.53. The fourth-order valence-electron chi connectivity index (χ4n) is 2.81. The molecule has 0 spiro atoms. The molecular weight excluding hydrogens is 348 g/mol. The SMILES string of the molecule is COc1ccccc1OCC(=O)N1CC(c2nc(-c3ccccn3)no2)C1. The van der Waals surface area contributed by atoms with Crippen LogP contribution in [0, 0.1) is 0 Å². The van der Waals surface area contributed by atoms with Crippen molar-refractivity contribution < 1.29 is 18.8 Å². The third-order valence-electron chi connectivity index (χ3n) is 4.34. The molecule has 0 radical (unpaired) electrons. The third-order valence-corrected chi connectivity index (χ3v) is 4.34. The summed E-state index contributed by atoms with van der Waals surface area (Å²) in [6, 6.07) is 12.7. The number of carbonyl (C=O) groups is 1. The van der Waals surface area contributed by atoms with Crippen molar-refractivity contribution in [3.8, 4) is 23.0 Å². The Balaban J connectivity index is 1.30. The standard InChI is InChI=1S/C19H18N4O4/c1-25-15-7-2-3-8-16(15)26-12-17(24)23-10-13(11-23)19-21-18(22-27-19)14-6-4-5-9-20-14/h2-9,13H,10-12H2,1H3. The molecule has 8 heteroatoms. The van der Waals surface area contributed by atoms with E-state index in [4.69, 9.17) is 14.0 Å². The van der Waals surface area contributed by atoms with Crippen molar-refractivity contribution >= 4 is 5.91 Å². The highest BCUT2D eigenvalue weighted by atomic mass is 16.5. The van der Waals surface area contributed by atoms with Crippen molar-refractivity contribution in [2.24, 2.45) is 0 Å². The fourth-order valence-corrected chi connectivity index (χ4v) is 2.81. The van der Waals surface area contributed by atoms with Crippen LogP contribution in [0.2, 0.25) is 0 Å². The zero-order chi connectivity index (χ0) is 18.6. The van der Waals surface area contributed by atoms with Crippen LogP contribution in [0.4, 0.5) is 0 Å². The second-order valence-electron chi connectivity index (χ2n) is 6.11. The third kappa shape index (κ3) is 3.59. The van der Waals surface area contributed by atoms with E-state index in [1.807, 2.05) is 30.3 Å². The van der Waals surface area contributed by atoms with Crippen molar-refractivity contribution in [1.82, 2.24) is 20.0 Å². The van der Waals surface area contributed by atoms with Crippen LogP contribution >= 0.6 is 0 Å². The maximum absolute atomic E-state index is 12.3. The lowest BCUT2D eigenvalue weighted by Gasteiger charge is -2.36. The van der Waals surface area contributed by atoms with Gasteiger partial charge in [0.15, 0.2) is 18.1 Å². The van der Waals surface area contributed by atoms with Gasteiger partial charge in [-0.1, -0.05) is 23.4 Å². The van der Waals surface area contributed by atoms with Gasteiger partial charge in [0.2, 0.25) is 11.7 Å². The van der Waals surface area contributed by atoms with Gasteiger partial charge in [-0.05, 0) is 24.3 Å².